The normalized spacial score (nSPS) is 36.1. The lowest BCUT2D eigenvalue weighted by atomic mass is 9.61. The molecule has 0 saturated heterocycles. The van der Waals surface area contributed by atoms with Crippen molar-refractivity contribution in [1.82, 2.24) is 0 Å². The quantitative estimate of drug-likeness (QED) is 0.346. The number of allylic oxidation sites excluding steroid dienone is 3. The molecule has 31 heavy (non-hydrogen) atoms. The Kier molecular flexibility index (Phi) is 7.50. The average Bonchev–Trinajstić information content (AvgIpc) is 3.04. The zero-order chi connectivity index (χ0) is 23.0. The molecule has 3 saturated carbocycles. The van der Waals surface area contributed by atoms with E-state index >= 15 is 0 Å². The monoisotopic (exact) mass is 444 g/mol. The predicted octanol–water partition coefficient (Wildman–Crippen LogP) is 7.81. The Morgan fingerprint density at radius 3 is 2.55 bits per heavy atom. The van der Waals surface area contributed by atoms with E-state index in [-0.39, 0.29) is 11.1 Å². The first-order valence-electron chi connectivity index (χ1n) is 12.7. The standard InChI is InChI=1S/C28H48O2Si/c1-20-11-12-22(18-26(20)30-31(7,8)27(3,4)5)13-14-23-10-9-17-28(6)24(21(2)19-29)15-16-25(23)28/h13-14,21,24-26,29H,1,9-12,15-19H2,2-8H3/b22-13-,23-14+/t21-,24-,25+,26-,28-/m1/s1. The van der Waals surface area contributed by atoms with Crippen LogP contribution >= 0.6 is 0 Å². The maximum absolute atomic E-state index is 9.78. The number of aliphatic hydroxyl groups excluding tert-OH is 1. The van der Waals surface area contributed by atoms with Crippen LogP contribution in [0.4, 0.5) is 0 Å². The molecule has 0 aliphatic heterocycles. The van der Waals surface area contributed by atoms with E-state index in [1.807, 2.05) is 0 Å². The Hall–Kier alpha value is -0.643. The van der Waals surface area contributed by atoms with E-state index in [0.29, 0.717) is 29.8 Å². The predicted molar refractivity (Wildman–Crippen MR) is 136 cm³/mol. The van der Waals surface area contributed by atoms with Crippen LogP contribution in [-0.2, 0) is 4.43 Å². The second kappa shape index (κ2) is 9.31. The van der Waals surface area contributed by atoms with Crippen molar-refractivity contribution < 1.29 is 9.53 Å². The summed E-state index contributed by atoms with van der Waals surface area (Å²) < 4.78 is 6.77. The first-order chi connectivity index (χ1) is 14.4. The number of hydrogen-bond donors (Lipinski definition) is 1. The highest BCUT2D eigenvalue weighted by Gasteiger charge is 2.50. The molecular weight excluding hydrogens is 396 g/mol. The van der Waals surface area contributed by atoms with Gasteiger partial charge in [-0.05, 0) is 98.2 Å². The molecule has 0 bridgehead atoms. The molecule has 0 aromatic carbocycles. The van der Waals surface area contributed by atoms with Gasteiger partial charge in [0.1, 0.15) is 0 Å². The molecule has 0 aromatic rings. The first-order valence-corrected chi connectivity index (χ1v) is 15.6. The molecule has 1 N–H and O–H groups in total. The Morgan fingerprint density at radius 1 is 1.19 bits per heavy atom. The van der Waals surface area contributed by atoms with Crippen molar-refractivity contribution in [3.63, 3.8) is 0 Å². The van der Waals surface area contributed by atoms with E-state index in [1.165, 1.54) is 43.3 Å². The molecular formula is C28H48O2Si. The van der Waals surface area contributed by atoms with Crippen LogP contribution in [0.2, 0.25) is 18.1 Å². The van der Waals surface area contributed by atoms with Gasteiger partial charge in [-0.2, -0.15) is 0 Å². The molecule has 2 nitrogen and oxygen atoms in total. The lowest BCUT2D eigenvalue weighted by Gasteiger charge is -2.44. The highest BCUT2D eigenvalue weighted by atomic mass is 28.4. The van der Waals surface area contributed by atoms with Gasteiger partial charge in [-0.1, -0.05) is 64.5 Å². The molecule has 3 aliphatic carbocycles. The fourth-order valence-electron chi connectivity index (χ4n) is 6.34. The topological polar surface area (TPSA) is 29.5 Å². The van der Waals surface area contributed by atoms with Crippen LogP contribution in [0.3, 0.4) is 0 Å². The van der Waals surface area contributed by atoms with Gasteiger partial charge in [-0.25, -0.2) is 0 Å². The summed E-state index contributed by atoms with van der Waals surface area (Å²) in [6.07, 6.45) is 14.8. The Morgan fingerprint density at radius 2 is 1.90 bits per heavy atom. The third-order valence-corrected chi connectivity index (χ3v) is 13.9. The molecule has 0 unspecified atom stereocenters. The van der Waals surface area contributed by atoms with Gasteiger partial charge in [0.05, 0.1) is 6.10 Å². The van der Waals surface area contributed by atoms with Crippen LogP contribution in [0.5, 0.6) is 0 Å². The summed E-state index contributed by atoms with van der Waals surface area (Å²) in [6.45, 7) is 21.1. The largest absolute Gasteiger partial charge is 0.410 e. The molecule has 0 spiro atoms. The fourth-order valence-corrected chi connectivity index (χ4v) is 7.66. The average molecular weight is 445 g/mol. The van der Waals surface area contributed by atoms with Crippen molar-refractivity contribution in [2.24, 2.45) is 23.2 Å². The molecule has 0 amide bonds. The summed E-state index contributed by atoms with van der Waals surface area (Å²) in [5.74, 6) is 1.79. The van der Waals surface area contributed by atoms with Crippen LogP contribution in [-0.4, -0.2) is 26.1 Å². The maximum Gasteiger partial charge on any atom is 0.192 e. The molecule has 3 heteroatoms. The third kappa shape index (κ3) is 5.14. The minimum absolute atomic E-state index is 0.192. The van der Waals surface area contributed by atoms with Crippen molar-refractivity contribution in [3.8, 4) is 0 Å². The van der Waals surface area contributed by atoms with Gasteiger partial charge in [-0.3, -0.25) is 0 Å². The van der Waals surface area contributed by atoms with Crippen LogP contribution in [0.15, 0.2) is 35.5 Å². The molecule has 176 valence electrons. The Balaban J connectivity index is 1.74. The van der Waals surface area contributed by atoms with Crippen molar-refractivity contribution >= 4 is 8.32 Å². The molecule has 3 aliphatic rings. The maximum atomic E-state index is 9.78. The summed E-state index contributed by atoms with van der Waals surface area (Å²) in [7, 11) is -1.79. The molecule has 3 fully saturated rings. The van der Waals surface area contributed by atoms with E-state index in [1.54, 1.807) is 5.57 Å². The van der Waals surface area contributed by atoms with Crippen LogP contribution in [0.1, 0.15) is 86.0 Å². The first kappa shape index (κ1) is 25.0. The van der Waals surface area contributed by atoms with Gasteiger partial charge < -0.3 is 9.53 Å². The summed E-state index contributed by atoms with van der Waals surface area (Å²) in [6, 6.07) is 0. The summed E-state index contributed by atoms with van der Waals surface area (Å²) >= 11 is 0. The Labute approximate surface area is 193 Å². The smallest absolute Gasteiger partial charge is 0.192 e. The van der Waals surface area contributed by atoms with E-state index in [4.69, 9.17) is 4.43 Å². The molecule has 0 heterocycles. The summed E-state index contributed by atoms with van der Waals surface area (Å²) in [4.78, 5) is 0. The zero-order valence-corrected chi connectivity index (χ0v) is 22.4. The van der Waals surface area contributed by atoms with Crippen LogP contribution < -0.4 is 0 Å². The molecule has 0 aromatic heterocycles. The Bertz CT molecular complexity index is 726. The van der Waals surface area contributed by atoms with Gasteiger partial charge in [0, 0.05) is 6.61 Å². The minimum atomic E-state index is -1.79. The van der Waals surface area contributed by atoms with Gasteiger partial charge in [0.2, 0.25) is 0 Å². The zero-order valence-electron chi connectivity index (χ0n) is 21.4. The SMILES string of the molecule is C=C1CC/C(=C/C=C2\CCC[C@]3(C)[C@@H]([C@H](C)CO)CC[C@@H]23)C[C@H]1O[Si](C)(C)C(C)(C)C. The van der Waals surface area contributed by atoms with Gasteiger partial charge in [-0.15, -0.1) is 0 Å². The van der Waals surface area contributed by atoms with Crippen LogP contribution in [0.25, 0.3) is 0 Å². The van der Waals surface area contributed by atoms with E-state index in [9.17, 15) is 5.11 Å². The second-order valence-corrected chi connectivity index (χ2v) is 17.3. The van der Waals surface area contributed by atoms with Crippen LogP contribution in [0, 0.1) is 23.2 Å². The van der Waals surface area contributed by atoms with Crippen molar-refractivity contribution in [1.29, 1.82) is 0 Å². The minimum Gasteiger partial charge on any atom is -0.410 e. The van der Waals surface area contributed by atoms with Gasteiger partial charge in [0.25, 0.3) is 0 Å². The lowest BCUT2D eigenvalue weighted by Crippen LogP contribution is -2.45. The third-order valence-electron chi connectivity index (χ3n) is 9.46. The van der Waals surface area contributed by atoms with E-state index in [0.717, 1.165) is 19.3 Å². The van der Waals surface area contributed by atoms with Crippen molar-refractivity contribution in [3.05, 3.63) is 35.5 Å². The highest BCUT2D eigenvalue weighted by Crippen LogP contribution is 2.59. The fraction of sp³-hybridized carbons (Fsp3) is 0.786. The number of fused-ring (bicyclic) bond motifs is 1. The lowest BCUT2D eigenvalue weighted by molar-refractivity contribution is 0.0690. The molecule has 5 atom stereocenters. The number of rotatable bonds is 5. The highest BCUT2D eigenvalue weighted by molar-refractivity contribution is 6.74. The summed E-state index contributed by atoms with van der Waals surface area (Å²) in [5, 5.41) is 10.0. The van der Waals surface area contributed by atoms with Gasteiger partial charge >= 0.3 is 0 Å². The number of aliphatic hydroxyl groups is 1. The van der Waals surface area contributed by atoms with Crippen molar-refractivity contribution in [2.45, 2.75) is 110 Å². The van der Waals surface area contributed by atoms with E-state index in [2.05, 4.69) is 66.4 Å². The van der Waals surface area contributed by atoms with Gasteiger partial charge in [0.15, 0.2) is 8.32 Å². The summed E-state index contributed by atoms with van der Waals surface area (Å²) in [5.41, 5.74) is 4.87. The van der Waals surface area contributed by atoms with Crippen molar-refractivity contribution in [2.75, 3.05) is 6.61 Å². The van der Waals surface area contributed by atoms with E-state index < -0.39 is 8.32 Å². The number of hydrogen-bond acceptors (Lipinski definition) is 2. The second-order valence-electron chi connectivity index (χ2n) is 12.6. The molecule has 0 radical (unpaired) electrons. The molecule has 3 rings (SSSR count).